The second-order valence-corrected chi connectivity index (χ2v) is 7.75. The molecule has 0 saturated carbocycles. The fourth-order valence-electron chi connectivity index (χ4n) is 2.11. The molecule has 0 amide bonds. The lowest BCUT2D eigenvalue weighted by atomic mass is 10.0. The van der Waals surface area contributed by atoms with Gasteiger partial charge in [-0.05, 0) is 29.2 Å². The molecule has 0 aliphatic rings. The Labute approximate surface area is 145 Å². The summed E-state index contributed by atoms with van der Waals surface area (Å²) in [6.45, 7) is 4.40. The van der Waals surface area contributed by atoms with Gasteiger partial charge in [0, 0.05) is 11.4 Å². The van der Waals surface area contributed by atoms with Crippen LogP contribution in [0.5, 0.6) is 0 Å². The molecule has 5 heteroatoms. The third-order valence-electron chi connectivity index (χ3n) is 3.44. The predicted octanol–water partition coefficient (Wildman–Crippen LogP) is 5.70. The van der Waals surface area contributed by atoms with E-state index in [4.69, 9.17) is 0 Å². The Balaban J connectivity index is 1.58. The van der Waals surface area contributed by atoms with Crippen LogP contribution in [0.25, 0.3) is 0 Å². The Bertz CT molecular complexity index is 736. The highest BCUT2D eigenvalue weighted by molar-refractivity contribution is 8.00. The average Bonchev–Trinajstić information content (AvgIpc) is 3.02. The lowest BCUT2D eigenvalue weighted by Gasteiger charge is -2.06. The summed E-state index contributed by atoms with van der Waals surface area (Å²) in [7, 11) is 0. The Kier molecular flexibility index (Phi) is 5.31. The minimum absolute atomic E-state index is 0.548. The highest BCUT2D eigenvalue weighted by Crippen LogP contribution is 2.30. The standard InChI is InChI=1S/C18H19N3S2/c1-13(2)15-8-10-16(11-9-15)19-17-20-21-18(23-17)22-12-14-6-4-3-5-7-14/h3-11,13H,12H2,1-2H3,(H,19,20). The molecule has 0 saturated heterocycles. The number of hydrogen-bond acceptors (Lipinski definition) is 5. The van der Waals surface area contributed by atoms with Crippen LogP contribution in [0, 0.1) is 0 Å². The lowest BCUT2D eigenvalue weighted by Crippen LogP contribution is -1.91. The van der Waals surface area contributed by atoms with E-state index in [0.29, 0.717) is 5.92 Å². The van der Waals surface area contributed by atoms with Crippen LogP contribution in [-0.2, 0) is 5.75 Å². The minimum Gasteiger partial charge on any atom is -0.330 e. The van der Waals surface area contributed by atoms with E-state index in [0.717, 1.165) is 20.9 Å². The Morgan fingerprint density at radius 3 is 2.43 bits per heavy atom. The normalized spacial score (nSPS) is 10.9. The van der Waals surface area contributed by atoms with Gasteiger partial charge < -0.3 is 5.32 Å². The molecule has 0 fully saturated rings. The third-order valence-corrected chi connectivity index (χ3v) is 5.48. The van der Waals surface area contributed by atoms with E-state index in [9.17, 15) is 0 Å². The Morgan fingerprint density at radius 2 is 1.74 bits per heavy atom. The van der Waals surface area contributed by atoms with Crippen molar-refractivity contribution in [3.05, 3.63) is 65.7 Å². The number of hydrogen-bond donors (Lipinski definition) is 1. The third kappa shape index (κ3) is 4.56. The van der Waals surface area contributed by atoms with Gasteiger partial charge in [0.05, 0.1) is 0 Å². The zero-order valence-electron chi connectivity index (χ0n) is 13.2. The SMILES string of the molecule is CC(C)c1ccc(Nc2nnc(SCc3ccccc3)s2)cc1. The second-order valence-electron chi connectivity index (χ2n) is 5.55. The molecule has 1 heterocycles. The number of rotatable bonds is 6. The summed E-state index contributed by atoms with van der Waals surface area (Å²) < 4.78 is 0.982. The van der Waals surface area contributed by atoms with Crippen molar-refractivity contribution in [1.29, 1.82) is 0 Å². The number of nitrogens with one attached hydrogen (secondary N) is 1. The molecule has 118 valence electrons. The van der Waals surface area contributed by atoms with Crippen molar-refractivity contribution in [2.45, 2.75) is 29.9 Å². The monoisotopic (exact) mass is 341 g/mol. The smallest absolute Gasteiger partial charge is 0.210 e. The summed E-state index contributed by atoms with van der Waals surface area (Å²) in [5, 5.41) is 12.6. The number of nitrogens with zero attached hydrogens (tertiary/aromatic N) is 2. The van der Waals surface area contributed by atoms with Crippen molar-refractivity contribution in [1.82, 2.24) is 10.2 Å². The van der Waals surface area contributed by atoms with Crippen LogP contribution in [0.3, 0.4) is 0 Å². The fourth-order valence-corrected chi connectivity index (χ4v) is 3.84. The van der Waals surface area contributed by atoms with Crippen molar-refractivity contribution in [2.75, 3.05) is 5.32 Å². The van der Waals surface area contributed by atoms with Crippen LogP contribution in [0.2, 0.25) is 0 Å². The maximum Gasteiger partial charge on any atom is 0.210 e. The molecule has 23 heavy (non-hydrogen) atoms. The summed E-state index contributed by atoms with van der Waals surface area (Å²) in [5.41, 5.74) is 3.68. The van der Waals surface area contributed by atoms with Crippen molar-refractivity contribution in [2.24, 2.45) is 0 Å². The van der Waals surface area contributed by atoms with Gasteiger partial charge in [0.1, 0.15) is 0 Å². The zero-order valence-corrected chi connectivity index (χ0v) is 14.8. The molecule has 0 atom stereocenters. The van der Waals surface area contributed by atoms with Gasteiger partial charge in [-0.3, -0.25) is 0 Å². The predicted molar refractivity (Wildman–Crippen MR) is 99.7 cm³/mol. The van der Waals surface area contributed by atoms with E-state index in [1.54, 1.807) is 23.1 Å². The Hall–Kier alpha value is -1.85. The van der Waals surface area contributed by atoms with Crippen LogP contribution in [0.15, 0.2) is 58.9 Å². The van der Waals surface area contributed by atoms with Gasteiger partial charge in [0.2, 0.25) is 5.13 Å². The van der Waals surface area contributed by atoms with Crippen molar-refractivity contribution >= 4 is 33.9 Å². The lowest BCUT2D eigenvalue weighted by molar-refractivity contribution is 0.867. The summed E-state index contributed by atoms with van der Waals surface area (Å²) in [6, 6.07) is 18.9. The first-order valence-corrected chi connectivity index (χ1v) is 9.38. The zero-order chi connectivity index (χ0) is 16.1. The first-order valence-electron chi connectivity index (χ1n) is 7.58. The molecule has 3 nitrogen and oxygen atoms in total. The van der Waals surface area contributed by atoms with Crippen LogP contribution in [0.4, 0.5) is 10.8 Å². The summed E-state index contributed by atoms with van der Waals surface area (Å²) >= 11 is 3.30. The number of aromatic nitrogens is 2. The van der Waals surface area contributed by atoms with E-state index in [2.05, 4.69) is 77.9 Å². The van der Waals surface area contributed by atoms with Crippen LogP contribution < -0.4 is 5.32 Å². The van der Waals surface area contributed by atoms with Crippen LogP contribution in [0.1, 0.15) is 30.9 Å². The minimum atomic E-state index is 0.548. The Morgan fingerprint density at radius 1 is 1.00 bits per heavy atom. The highest BCUT2D eigenvalue weighted by atomic mass is 32.2. The van der Waals surface area contributed by atoms with Gasteiger partial charge in [-0.1, -0.05) is 79.4 Å². The van der Waals surface area contributed by atoms with Gasteiger partial charge >= 0.3 is 0 Å². The largest absolute Gasteiger partial charge is 0.330 e. The number of anilines is 2. The first kappa shape index (κ1) is 16.0. The van der Waals surface area contributed by atoms with Gasteiger partial charge in [-0.2, -0.15) is 0 Å². The average molecular weight is 342 g/mol. The van der Waals surface area contributed by atoms with Crippen molar-refractivity contribution < 1.29 is 0 Å². The van der Waals surface area contributed by atoms with E-state index >= 15 is 0 Å². The summed E-state index contributed by atoms with van der Waals surface area (Å²) in [6.07, 6.45) is 0. The van der Waals surface area contributed by atoms with Crippen LogP contribution in [-0.4, -0.2) is 10.2 Å². The first-order chi connectivity index (χ1) is 11.2. The molecule has 0 spiro atoms. The summed E-state index contributed by atoms with van der Waals surface area (Å²) in [4.78, 5) is 0. The summed E-state index contributed by atoms with van der Waals surface area (Å²) in [5.74, 6) is 1.46. The number of thioether (sulfide) groups is 1. The maximum absolute atomic E-state index is 4.24. The topological polar surface area (TPSA) is 37.8 Å². The van der Waals surface area contributed by atoms with Gasteiger partial charge in [0.25, 0.3) is 0 Å². The molecular weight excluding hydrogens is 322 g/mol. The molecule has 0 aliphatic carbocycles. The molecule has 0 unspecified atom stereocenters. The van der Waals surface area contributed by atoms with Gasteiger partial charge in [0.15, 0.2) is 4.34 Å². The molecule has 2 aromatic carbocycles. The quantitative estimate of drug-likeness (QED) is 0.584. The fraction of sp³-hybridized carbons (Fsp3) is 0.222. The van der Waals surface area contributed by atoms with E-state index in [1.165, 1.54) is 11.1 Å². The molecule has 3 aromatic rings. The molecule has 0 radical (unpaired) electrons. The highest BCUT2D eigenvalue weighted by Gasteiger charge is 2.06. The van der Waals surface area contributed by atoms with Gasteiger partial charge in [-0.25, -0.2) is 0 Å². The maximum atomic E-state index is 4.24. The van der Waals surface area contributed by atoms with Gasteiger partial charge in [-0.15, -0.1) is 10.2 Å². The molecule has 0 aliphatic heterocycles. The van der Waals surface area contributed by atoms with Crippen molar-refractivity contribution in [3.63, 3.8) is 0 Å². The molecule has 1 aromatic heterocycles. The molecule has 0 bridgehead atoms. The molecule has 3 rings (SSSR count). The second kappa shape index (κ2) is 7.62. The molecular formula is C18H19N3S2. The van der Waals surface area contributed by atoms with Crippen LogP contribution >= 0.6 is 23.1 Å². The van der Waals surface area contributed by atoms with Crippen molar-refractivity contribution in [3.8, 4) is 0 Å². The van der Waals surface area contributed by atoms with E-state index in [1.807, 2.05) is 6.07 Å². The van der Waals surface area contributed by atoms with E-state index < -0.39 is 0 Å². The van der Waals surface area contributed by atoms with E-state index in [-0.39, 0.29) is 0 Å². The number of benzene rings is 2. The molecule has 1 N–H and O–H groups in total.